The van der Waals surface area contributed by atoms with Gasteiger partial charge < -0.3 is 9.32 Å². The van der Waals surface area contributed by atoms with Crippen LogP contribution in [0, 0.1) is 0 Å². The molecule has 9 heteroatoms. The van der Waals surface area contributed by atoms with Gasteiger partial charge in [-0.15, -0.1) is 10.2 Å². The average molecular weight is 440 g/mol. The molecule has 0 saturated carbocycles. The van der Waals surface area contributed by atoms with Crippen molar-refractivity contribution in [2.45, 2.75) is 24.9 Å². The van der Waals surface area contributed by atoms with E-state index in [-0.39, 0.29) is 28.9 Å². The minimum Gasteiger partial charge on any atom is -0.451 e. The zero-order valence-corrected chi connectivity index (χ0v) is 16.9. The number of amides is 1. The SMILES string of the molecule is O=C(c1ccc(-c2cccc(C(F)(F)F)c2)o1)N1CCC[C@H](c2nnc3ccccn23)C1. The number of aromatic nitrogens is 3. The van der Waals surface area contributed by atoms with E-state index in [1.54, 1.807) is 4.90 Å². The van der Waals surface area contributed by atoms with E-state index in [1.807, 2.05) is 28.8 Å². The molecule has 0 spiro atoms. The summed E-state index contributed by atoms with van der Waals surface area (Å²) in [7, 11) is 0. The Bertz CT molecular complexity index is 1280. The van der Waals surface area contributed by atoms with Gasteiger partial charge in [-0.1, -0.05) is 18.2 Å². The number of nitrogens with zero attached hydrogens (tertiary/aromatic N) is 4. The van der Waals surface area contributed by atoms with E-state index in [0.29, 0.717) is 13.1 Å². The molecule has 1 saturated heterocycles. The summed E-state index contributed by atoms with van der Waals surface area (Å²) in [6.07, 6.45) is -0.859. The van der Waals surface area contributed by atoms with Gasteiger partial charge in [0.15, 0.2) is 11.4 Å². The summed E-state index contributed by atoms with van der Waals surface area (Å²) in [5, 5.41) is 8.51. The van der Waals surface area contributed by atoms with Gasteiger partial charge in [0.05, 0.1) is 5.56 Å². The maximum atomic E-state index is 13.1. The van der Waals surface area contributed by atoms with Gasteiger partial charge in [-0.05, 0) is 49.2 Å². The molecule has 4 aromatic rings. The Morgan fingerprint density at radius 2 is 1.94 bits per heavy atom. The van der Waals surface area contributed by atoms with Crippen molar-refractivity contribution in [2.24, 2.45) is 0 Å². The van der Waals surface area contributed by atoms with Gasteiger partial charge in [0, 0.05) is 30.8 Å². The third-order valence-electron chi connectivity index (χ3n) is 5.71. The van der Waals surface area contributed by atoms with Gasteiger partial charge in [0.25, 0.3) is 5.91 Å². The number of carbonyl (C=O) groups is 1. The van der Waals surface area contributed by atoms with Gasteiger partial charge in [-0.2, -0.15) is 13.2 Å². The number of piperidine rings is 1. The molecular formula is C23H19F3N4O2. The van der Waals surface area contributed by atoms with Gasteiger partial charge in [-0.25, -0.2) is 0 Å². The van der Waals surface area contributed by atoms with Crippen LogP contribution in [0.25, 0.3) is 17.0 Å². The fourth-order valence-corrected chi connectivity index (χ4v) is 4.12. The number of fused-ring (bicyclic) bond motifs is 1. The third-order valence-corrected chi connectivity index (χ3v) is 5.71. The number of hydrogen-bond donors (Lipinski definition) is 0. The fourth-order valence-electron chi connectivity index (χ4n) is 4.12. The summed E-state index contributed by atoms with van der Waals surface area (Å²) in [6.45, 7) is 1.04. The molecule has 32 heavy (non-hydrogen) atoms. The maximum Gasteiger partial charge on any atom is 0.416 e. The monoisotopic (exact) mass is 440 g/mol. The number of halogens is 3. The summed E-state index contributed by atoms with van der Waals surface area (Å²) in [6, 6.07) is 13.6. The standard InChI is InChI=1S/C23H19F3N4O2/c24-23(25,26)17-7-3-5-15(13-17)18-9-10-19(32-18)22(31)29-11-4-6-16(14-29)21-28-27-20-8-1-2-12-30(20)21/h1-3,5,7-10,12-13,16H,4,6,11,14H2/t16-/m0/s1. The van der Waals surface area contributed by atoms with E-state index in [9.17, 15) is 18.0 Å². The number of benzene rings is 1. The van der Waals surface area contributed by atoms with Crippen molar-refractivity contribution < 1.29 is 22.4 Å². The highest BCUT2D eigenvalue weighted by atomic mass is 19.4. The zero-order valence-electron chi connectivity index (χ0n) is 16.9. The first-order chi connectivity index (χ1) is 15.4. The zero-order chi connectivity index (χ0) is 22.3. The largest absolute Gasteiger partial charge is 0.451 e. The summed E-state index contributed by atoms with van der Waals surface area (Å²) < 4.78 is 46.6. The van der Waals surface area contributed by atoms with E-state index in [4.69, 9.17) is 4.42 Å². The van der Waals surface area contributed by atoms with Crippen LogP contribution >= 0.6 is 0 Å². The second kappa shape index (κ2) is 7.81. The lowest BCUT2D eigenvalue weighted by Crippen LogP contribution is -2.39. The predicted molar refractivity (Wildman–Crippen MR) is 110 cm³/mol. The van der Waals surface area contributed by atoms with E-state index in [0.717, 1.165) is 36.4 Å². The third kappa shape index (κ3) is 3.74. The normalized spacial score (nSPS) is 17.1. The van der Waals surface area contributed by atoms with Crippen LogP contribution in [-0.2, 0) is 6.18 Å². The van der Waals surface area contributed by atoms with Gasteiger partial charge in [-0.3, -0.25) is 9.20 Å². The van der Waals surface area contributed by atoms with Crippen molar-refractivity contribution in [3.05, 3.63) is 77.9 Å². The van der Waals surface area contributed by atoms with E-state index >= 15 is 0 Å². The minimum atomic E-state index is -4.45. The number of alkyl halides is 3. The molecule has 6 nitrogen and oxygen atoms in total. The van der Waals surface area contributed by atoms with Gasteiger partial charge in [0.2, 0.25) is 0 Å². The maximum absolute atomic E-state index is 13.1. The molecule has 4 heterocycles. The summed E-state index contributed by atoms with van der Waals surface area (Å²) in [5.41, 5.74) is 0.256. The highest BCUT2D eigenvalue weighted by Gasteiger charge is 2.32. The number of hydrogen-bond acceptors (Lipinski definition) is 4. The predicted octanol–water partition coefficient (Wildman–Crippen LogP) is 5.03. The molecule has 0 bridgehead atoms. The van der Waals surface area contributed by atoms with Crippen molar-refractivity contribution in [3.8, 4) is 11.3 Å². The second-order valence-electron chi connectivity index (χ2n) is 7.82. The van der Waals surface area contributed by atoms with Crippen LogP contribution in [0.1, 0.15) is 40.7 Å². The smallest absolute Gasteiger partial charge is 0.416 e. The first-order valence-electron chi connectivity index (χ1n) is 10.3. The highest BCUT2D eigenvalue weighted by molar-refractivity contribution is 5.92. The molecule has 1 atom stereocenters. The van der Waals surface area contributed by atoms with Crippen LogP contribution in [0.2, 0.25) is 0 Å². The second-order valence-corrected chi connectivity index (χ2v) is 7.82. The first-order valence-corrected chi connectivity index (χ1v) is 10.3. The van der Waals surface area contributed by atoms with Crippen molar-refractivity contribution in [1.29, 1.82) is 0 Å². The minimum absolute atomic E-state index is 0.0306. The molecule has 1 aromatic carbocycles. The average Bonchev–Trinajstić information content (AvgIpc) is 3.46. The van der Waals surface area contributed by atoms with Crippen LogP contribution < -0.4 is 0 Å². The number of carbonyl (C=O) groups excluding carboxylic acids is 1. The molecule has 1 aliphatic heterocycles. The van der Waals surface area contributed by atoms with Crippen LogP contribution in [0.15, 0.2) is 65.2 Å². The highest BCUT2D eigenvalue weighted by Crippen LogP contribution is 2.33. The summed E-state index contributed by atoms with van der Waals surface area (Å²) >= 11 is 0. The fraction of sp³-hybridized carbons (Fsp3) is 0.261. The van der Waals surface area contributed by atoms with Gasteiger partial charge >= 0.3 is 6.18 Å². The molecule has 1 fully saturated rings. The summed E-state index contributed by atoms with van der Waals surface area (Å²) in [4.78, 5) is 14.8. The number of rotatable bonds is 3. The lowest BCUT2D eigenvalue weighted by molar-refractivity contribution is -0.137. The molecule has 0 N–H and O–H groups in total. The van der Waals surface area contributed by atoms with Crippen LogP contribution in [0.5, 0.6) is 0 Å². The quantitative estimate of drug-likeness (QED) is 0.448. The molecule has 0 radical (unpaired) electrons. The van der Waals surface area contributed by atoms with E-state index < -0.39 is 11.7 Å². The topological polar surface area (TPSA) is 63.6 Å². The molecule has 1 aliphatic rings. The molecule has 5 rings (SSSR count). The Labute approximate surface area is 181 Å². The molecule has 164 valence electrons. The van der Waals surface area contributed by atoms with Crippen molar-refractivity contribution >= 4 is 11.6 Å². The Hall–Kier alpha value is -3.62. The molecule has 0 unspecified atom stereocenters. The number of furan rings is 1. The number of likely N-dealkylation sites (tertiary alicyclic amines) is 1. The van der Waals surface area contributed by atoms with E-state index in [1.165, 1.54) is 24.3 Å². The molecule has 1 amide bonds. The molecule has 3 aromatic heterocycles. The van der Waals surface area contributed by atoms with Crippen LogP contribution in [0.3, 0.4) is 0 Å². The Morgan fingerprint density at radius 1 is 1.06 bits per heavy atom. The Kier molecular flexibility index (Phi) is 4.96. The van der Waals surface area contributed by atoms with Crippen LogP contribution in [-0.4, -0.2) is 38.5 Å². The first kappa shape index (κ1) is 20.3. The van der Waals surface area contributed by atoms with Crippen molar-refractivity contribution in [3.63, 3.8) is 0 Å². The molecule has 0 aliphatic carbocycles. The summed E-state index contributed by atoms with van der Waals surface area (Å²) in [5.74, 6) is 0.868. The van der Waals surface area contributed by atoms with Crippen molar-refractivity contribution in [2.75, 3.05) is 13.1 Å². The number of pyridine rings is 1. The van der Waals surface area contributed by atoms with Crippen molar-refractivity contribution in [1.82, 2.24) is 19.5 Å². The Balaban J connectivity index is 1.35. The lowest BCUT2D eigenvalue weighted by Gasteiger charge is -2.31. The van der Waals surface area contributed by atoms with E-state index in [2.05, 4.69) is 10.2 Å². The van der Waals surface area contributed by atoms with Gasteiger partial charge in [0.1, 0.15) is 11.6 Å². The van der Waals surface area contributed by atoms with Crippen LogP contribution in [0.4, 0.5) is 13.2 Å². The lowest BCUT2D eigenvalue weighted by atomic mass is 9.97. The molecular weight excluding hydrogens is 421 g/mol. The Morgan fingerprint density at radius 3 is 2.78 bits per heavy atom.